The molecule has 0 aromatic heterocycles. The summed E-state index contributed by atoms with van der Waals surface area (Å²) in [5, 5.41) is 9.50. The van der Waals surface area contributed by atoms with E-state index in [9.17, 15) is 5.11 Å². The van der Waals surface area contributed by atoms with Crippen LogP contribution in [0.15, 0.2) is 4.99 Å². The van der Waals surface area contributed by atoms with Gasteiger partial charge in [-0.05, 0) is 34.1 Å². The molecule has 0 aromatic carbocycles. The summed E-state index contributed by atoms with van der Waals surface area (Å²) in [5.74, 6) is 0. The summed E-state index contributed by atoms with van der Waals surface area (Å²) in [7, 11) is 0. The van der Waals surface area contributed by atoms with Crippen molar-refractivity contribution in [3.63, 3.8) is 0 Å². The van der Waals surface area contributed by atoms with E-state index in [1.165, 1.54) is 0 Å². The predicted molar refractivity (Wildman–Crippen MR) is 49.2 cm³/mol. The maximum atomic E-state index is 9.50. The largest absolute Gasteiger partial charge is 0.385 e. The van der Waals surface area contributed by atoms with Gasteiger partial charge in [0.2, 0.25) is 0 Å². The van der Waals surface area contributed by atoms with E-state index in [0.29, 0.717) is 6.04 Å². The van der Waals surface area contributed by atoms with Gasteiger partial charge in [0.15, 0.2) is 0 Å². The van der Waals surface area contributed by atoms with Crippen LogP contribution in [0.5, 0.6) is 0 Å². The van der Waals surface area contributed by atoms with Crippen LogP contribution < -0.4 is 0 Å². The van der Waals surface area contributed by atoms with Crippen molar-refractivity contribution in [3.8, 4) is 0 Å². The van der Waals surface area contributed by atoms with Crippen LogP contribution in [0.25, 0.3) is 0 Å². The Morgan fingerprint density at radius 3 is 2.27 bits per heavy atom. The molecule has 0 aliphatic heterocycles. The molecule has 0 saturated heterocycles. The van der Waals surface area contributed by atoms with Gasteiger partial charge in [-0.15, -0.1) is 0 Å². The molecule has 0 bridgehead atoms. The Morgan fingerprint density at radius 1 is 1.55 bits per heavy atom. The molecule has 0 rings (SSSR count). The van der Waals surface area contributed by atoms with Crippen LogP contribution in [-0.4, -0.2) is 22.5 Å². The number of aliphatic hydroxyl groups is 1. The Labute approximate surface area is 69.3 Å². The van der Waals surface area contributed by atoms with Gasteiger partial charge < -0.3 is 5.11 Å². The molecule has 2 nitrogen and oxygen atoms in total. The molecule has 1 atom stereocenters. The SMILES string of the molecule is CCC(C)N=C(C)C(C)(C)O. The normalized spacial score (nSPS) is 16.7. The quantitative estimate of drug-likeness (QED) is 0.624. The van der Waals surface area contributed by atoms with Gasteiger partial charge in [0.05, 0.1) is 5.60 Å². The molecular formula is C9H19NO. The van der Waals surface area contributed by atoms with Crippen molar-refractivity contribution in [3.05, 3.63) is 0 Å². The van der Waals surface area contributed by atoms with E-state index in [1.54, 1.807) is 13.8 Å². The van der Waals surface area contributed by atoms with E-state index >= 15 is 0 Å². The molecule has 2 heteroatoms. The minimum atomic E-state index is -0.760. The first-order valence-electron chi connectivity index (χ1n) is 4.15. The van der Waals surface area contributed by atoms with Crippen LogP contribution >= 0.6 is 0 Å². The highest BCUT2D eigenvalue weighted by atomic mass is 16.3. The fourth-order valence-electron chi connectivity index (χ4n) is 0.580. The van der Waals surface area contributed by atoms with Crippen LogP contribution in [-0.2, 0) is 0 Å². The maximum absolute atomic E-state index is 9.50. The summed E-state index contributed by atoms with van der Waals surface area (Å²) < 4.78 is 0. The van der Waals surface area contributed by atoms with Gasteiger partial charge in [-0.3, -0.25) is 4.99 Å². The summed E-state index contributed by atoms with van der Waals surface area (Å²) >= 11 is 0. The molecule has 1 N–H and O–H groups in total. The van der Waals surface area contributed by atoms with Crippen molar-refractivity contribution in [1.82, 2.24) is 0 Å². The van der Waals surface area contributed by atoms with E-state index in [4.69, 9.17) is 0 Å². The van der Waals surface area contributed by atoms with Crippen LogP contribution in [0, 0.1) is 0 Å². The van der Waals surface area contributed by atoms with Crippen molar-refractivity contribution in [2.75, 3.05) is 0 Å². The van der Waals surface area contributed by atoms with Gasteiger partial charge >= 0.3 is 0 Å². The van der Waals surface area contributed by atoms with Crippen LogP contribution in [0.2, 0.25) is 0 Å². The number of aliphatic imine (C=N–C) groups is 1. The smallest absolute Gasteiger partial charge is 0.0963 e. The first kappa shape index (κ1) is 10.6. The molecular weight excluding hydrogens is 138 g/mol. The highest BCUT2D eigenvalue weighted by molar-refractivity contribution is 5.89. The Hall–Kier alpha value is -0.370. The number of rotatable bonds is 3. The number of hydrogen-bond acceptors (Lipinski definition) is 2. The van der Waals surface area contributed by atoms with Crippen molar-refractivity contribution in [1.29, 1.82) is 0 Å². The Balaban J connectivity index is 4.22. The van der Waals surface area contributed by atoms with E-state index in [0.717, 1.165) is 12.1 Å². The molecule has 0 spiro atoms. The molecule has 66 valence electrons. The molecule has 0 aliphatic carbocycles. The predicted octanol–water partition coefficient (Wildman–Crippen LogP) is 2.02. The van der Waals surface area contributed by atoms with Crippen LogP contribution in [0.1, 0.15) is 41.0 Å². The van der Waals surface area contributed by atoms with E-state index in [-0.39, 0.29) is 0 Å². The lowest BCUT2D eigenvalue weighted by atomic mass is 10.0. The minimum Gasteiger partial charge on any atom is -0.385 e. The van der Waals surface area contributed by atoms with Crippen LogP contribution in [0.3, 0.4) is 0 Å². The maximum Gasteiger partial charge on any atom is 0.0963 e. The summed E-state index contributed by atoms with van der Waals surface area (Å²) in [6.07, 6.45) is 1.02. The third-order valence-electron chi connectivity index (χ3n) is 1.89. The average molecular weight is 157 g/mol. The van der Waals surface area contributed by atoms with Gasteiger partial charge in [0.1, 0.15) is 0 Å². The van der Waals surface area contributed by atoms with Gasteiger partial charge in [0.25, 0.3) is 0 Å². The van der Waals surface area contributed by atoms with E-state index < -0.39 is 5.60 Å². The van der Waals surface area contributed by atoms with Crippen molar-refractivity contribution in [2.24, 2.45) is 4.99 Å². The lowest BCUT2D eigenvalue weighted by Gasteiger charge is -2.18. The minimum absolute atomic E-state index is 0.321. The van der Waals surface area contributed by atoms with Crippen molar-refractivity contribution < 1.29 is 5.11 Å². The first-order valence-corrected chi connectivity index (χ1v) is 4.15. The fourth-order valence-corrected chi connectivity index (χ4v) is 0.580. The Kier molecular flexibility index (Phi) is 3.73. The molecule has 11 heavy (non-hydrogen) atoms. The zero-order chi connectivity index (χ0) is 9.07. The van der Waals surface area contributed by atoms with E-state index in [1.807, 2.05) is 6.92 Å². The third kappa shape index (κ3) is 4.14. The summed E-state index contributed by atoms with van der Waals surface area (Å²) in [5.41, 5.74) is 0.0514. The highest BCUT2D eigenvalue weighted by Crippen LogP contribution is 2.07. The molecule has 0 radical (unpaired) electrons. The summed E-state index contributed by atoms with van der Waals surface area (Å²) in [6, 6.07) is 0.321. The van der Waals surface area contributed by atoms with Gasteiger partial charge in [-0.25, -0.2) is 0 Å². The van der Waals surface area contributed by atoms with Crippen LogP contribution in [0.4, 0.5) is 0 Å². The van der Waals surface area contributed by atoms with Crippen molar-refractivity contribution in [2.45, 2.75) is 52.7 Å². The number of hydrogen-bond donors (Lipinski definition) is 1. The Bertz CT molecular complexity index is 144. The van der Waals surface area contributed by atoms with Crippen molar-refractivity contribution >= 4 is 5.71 Å². The topological polar surface area (TPSA) is 32.6 Å². The zero-order valence-electron chi connectivity index (χ0n) is 8.18. The van der Waals surface area contributed by atoms with Gasteiger partial charge in [-0.1, -0.05) is 6.92 Å². The molecule has 0 saturated carbocycles. The lowest BCUT2D eigenvalue weighted by Crippen LogP contribution is -2.29. The summed E-state index contributed by atoms with van der Waals surface area (Å²) in [6.45, 7) is 9.52. The highest BCUT2D eigenvalue weighted by Gasteiger charge is 2.16. The monoisotopic (exact) mass is 157 g/mol. The third-order valence-corrected chi connectivity index (χ3v) is 1.89. The zero-order valence-corrected chi connectivity index (χ0v) is 8.18. The molecule has 0 aliphatic rings. The number of nitrogens with zero attached hydrogens (tertiary/aromatic N) is 1. The van der Waals surface area contributed by atoms with Gasteiger partial charge in [0, 0.05) is 11.8 Å². The first-order chi connectivity index (χ1) is 4.88. The fraction of sp³-hybridized carbons (Fsp3) is 0.889. The van der Waals surface area contributed by atoms with E-state index in [2.05, 4.69) is 18.8 Å². The second-order valence-corrected chi connectivity index (χ2v) is 3.53. The summed E-state index contributed by atoms with van der Waals surface area (Å²) in [4.78, 5) is 4.33. The lowest BCUT2D eigenvalue weighted by molar-refractivity contribution is 0.152. The van der Waals surface area contributed by atoms with Gasteiger partial charge in [-0.2, -0.15) is 0 Å². The molecule has 0 fully saturated rings. The standard InChI is InChI=1S/C9H19NO/c1-6-7(2)10-8(3)9(4,5)11/h7,11H,6H2,1-5H3. The average Bonchev–Trinajstić information content (AvgIpc) is 1.85. The molecule has 0 aromatic rings. The molecule has 0 amide bonds. The molecule has 1 unspecified atom stereocenters. The second-order valence-electron chi connectivity index (χ2n) is 3.53. The Morgan fingerprint density at radius 2 is 2.00 bits per heavy atom. The molecule has 0 heterocycles. The second kappa shape index (κ2) is 3.86.